The summed E-state index contributed by atoms with van der Waals surface area (Å²) < 4.78 is 10.5. The Balaban J connectivity index is 2.02. The van der Waals surface area contributed by atoms with Crippen LogP contribution < -0.4 is 14.8 Å². The number of fused-ring (bicyclic) bond motifs is 1. The molecule has 2 aromatic carbocycles. The lowest BCUT2D eigenvalue weighted by molar-refractivity contribution is 0.102. The maximum absolute atomic E-state index is 12.8. The third kappa shape index (κ3) is 2.99. The second kappa shape index (κ2) is 6.54. The van der Waals surface area contributed by atoms with E-state index in [-0.39, 0.29) is 5.91 Å². The second-order valence-corrected chi connectivity index (χ2v) is 5.16. The fourth-order valence-electron chi connectivity index (χ4n) is 2.46. The standard InChI is InChI=1S/C18H17N3O3/c1-11-19-14-7-5-4-6-13(14)17(20-11)18(22)21-15-10-12(23-2)8-9-16(15)24-3/h4-10H,1-3H3,(H,21,22). The molecule has 1 amide bonds. The van der Waals surface area contributed by atoms with Crippen molar-refractivity contribution in [2.45, 2.75) is 6.92 Å². The number of rotatable bonds is 4. The summed E-state index contributed by atoms with van der Waals surface area (Å²) in [6, 6.07) is 12.6. The first-order valence-electron chi connectivity index (χ1n) is 7.39. The van der Waals surface area contributed by atoms with Crippen LogP contribution in [0.15, 0.2) is 42.5 Å². The molecule has 6 nitrogen and oxygen atoms in total. The average molecular weight is 323 g/mol. The minimum atomic E-state index is -0.330. The molecule has 0 spiro atoms. The highest BCUT2D eigenvalue weighted by atomic mass is 16.5. The molecule has 6 heteroatoms. The number of methoxy groups -OCH3 is 2. The van der Waals surface area contributed by atoms with Crippen molar-refractivity contribution in [2.24, 2.45) is 0 Å². The van der Waals surface area contributed by atoms with Crippen LogP contribution in [-0.2, 0) is 0 Å². The lowest BCUT2D eigenvalue weighted by Crippen LogP contribution is -2.16. The van der Waals surface area contributed by atoms with E-state index >= 15 is 0 Å². The minimum absolute atomic E-state index is 0.322. The topological polar surface area (TPSA) is 73.3 Å². The summed E-state index contributed by atoms with van der Waals surface area (Å²) in [6.07, 6.45) is 0. The van der Waals surface area contributed by atoms with Crippen LogP contribution in [0.25, 0.3) is 10.9 Å². The highest BCUT2D eigenvalue weighted by Crippen LogP contribution is 2.29. The zero-order chi connectivity index (χ0) is 17.1. The van der Waals surface area contributed by atoms with Gasteiger partial charge in [-0.15, -0.1) is 0 Å². The first-order chi connectivity index (χ1) is 11.6. The first-order valence-corrected chi connectivity index (χ1v) is 7.39. The van der Waals surface area contributed by atoms with Gasteiger partial charge in [-0.3, -0.25) is 4.79 Å². The van der Waals surface area contributed by atoms with Gasteiger partial charge >= 0.3 is 0 Å². The predicted octanol–water partition coefficient (Wildman–Crippen LogP) is 3.21. The summed E-state index contributed by atoms with van der Waals surface area (Å²) in [5.74, 6) is 1.37. The Morgan fingerprint density at radius 2 is 1.83 bits per heavy atom. The van der Waals surface area contributed by atoms with E-state index in [0.29, 0.717) is 34.1 Å². The predicted molar refractivity (Wildman–Crippen MR) is 91.8 cm³/mol. The molecule has 0 aliphatic heterocycles. The molecular weight excluding hydrogens is 306 g/mol. The second-order valence-electron chi connectivity index (χ2n) is 5.16. The number of hydrogen-bond acceptors (Lipinski definition) is 5. The number of nitrogens with one attached hydrogen (secondary N) is 1. The molecule has 1 aromatic heterocycles. The number of nitrogens with zero attached hydrogens (tertiary/aromatic N) is 2. The number of amides is 1. The van der Waals surface area contributed by atoms with E-state index < -0.39 is 0 Å². The van der Waals surface area contributed by atoms with Gasteiger partial charge in [-0.05, 0) is 25.1 Å². The fraction of sp³-hybridized carbons (Fsp3) is 0.167. The van der Waals surface area contributed by atoms with Gasteiger partial charge in [0.15, 0.2) is 0 Å². The van der Waals surface area contributed by atoms with Crippen LogP contribution in [0.5, 0.6) is 11.5 Å². The van der Waals surface area contributed by atoms with Crippen LogP contribution in [0.4, 0.5) is 5.69 Å². The molecule has 0 saturated carbocycles. The molecule has 0 saturated heterocycles. The molecule has 0 aliphatic carbocycles. The number of carbonyl (C=O) groups is 1. The Bertz CT molecular complexity index is 909. The van der Waals surface area contributed by atoms with Crippen LogP contribution in [0.2, 0.25) is 0 Å². The molecule has 1 N–H and O–H groups in total. The largest absolute Gasteiger partial charge is 0.497 e. The molecule has 3 rings (SSSR count). The van der Waals surface area contributed by atoms with E-state index in [4.69, 9.17) is 9.47 Å². The van der Waals surface area contributed by atoms with Gasteiger partial charge in [-0.1, -0.05) is 18.2 Å². The molecule has 0 bridgehead atoms. The van der Waals surface area contributed by atoms with Crippen LogP contribution in [0.1, 0.15) is 16.3 Å². The van der Waals surface area contributed by atoms with E-state index in [1.54, 1.807) is 39.3 Å². The molecule has 24 heavy (non-hydrogen) atoms. The molecule has 0 unspecified atom stereocenters. The van der Waals surface area contributed by atoms with Gasteiger partial charge in [0, 0.05) is 11.5 Å². The summed E-state index contributed by atoms with van der Waals surface area (Å²) in [5, 5.41) is 3.53. The van der Waals surface area contributed by atoms with Crippen LogP contribution >= 0.6 is 0 Å². The number of aryl methyl sites for hydroxylation is 1. The summed E-state index contributed by atoms with van der Waals surface area (Å²) in [7, 11) is 3.11. The van der Waals surface area contributed by atoms with E-state index in [9.17, 15) is 4.79 Å². The van der Waals surface area contributed by atoms with Gasteiger partial charge in [-0.25, -0.2) is 9.97 Å². The number of benzene rings is 2. The number of para-hydroxylation sites is 1. The summed E-state index contributed by atoms with van der Waals surface area (Å²) in [5.41, 5.74) is 1.57. The number of ether oxygens (including phenoxy) is 2. The van der Waals surface area contributed by atoms with Crippen molar-refractivity contribution in [3.8, 4) is 11.5 Å². The summed E-state index contributed by atoms with van der Waals surface area (Å²) in [4.78, 5) is 21.4. The highest BCUT2D eigenvalue weighted by molar-refractivity contribution is 6.11. The summed E-state index contributed by atoms with van der Waals surface area (Å²) in [6.45, 7) is 1.76. The zero-order valence-corrected chi connectivity index (χ0v) is 13.7. The SMILES string of the molecule is COc1ccc(OC)c(NC(=O)c2nc(C)nc3ccccc23)c1. The molecule has 0 aliphatic rings. The molecule has 122 valence electrons. The molecule has 0 fully saturated rings. The average Bonchev–Trinajstić information content (AvgIpc) is 2.60. The van der Waals surface area contributed by atoms with E-state index in [1.807, 2.05) is 24.3 Å². The Hall–Kier alpha value is -3.15. The van der Waals surface area contributed by atoms with Crippen molar-refractivity contribution in [1.82, 2.24) is 9.97 Å². The Morgan fingerprint density at radius 3 is 2.58 bits per heavy atom. The molecule has 0 atom stereocenters. The molecule has 3 aromatic rings. The first kappa shape index (κ1) is 15.7. The number of carbonyl (C=O) groups excluding carboxylic acids is 1. The Labute approximate surface area is 139 Å². The van der Waals surface area contributed by atoms with E-state index in [1.165, 1.54) is 0 Å². The van der Waals surface area contributed by atoms with Crippen molar-refractivity contribution in [2.75, 3.05) is 19.5 Å². The lowest BCUT2D eigenvalue weighted by Gasteiger charge is -2.12. The molecule has 1 heterocycles. The number of anilines is 1. The van der Waals surface area contributed by atoms with Gasteiger partial charge in [0.1, 0.15) is 23.0 Å². The van der Waals surface area contributed by atoms with Crippen molar-refractivity contribution in [3.05, 3.63) is 54.0 Å². The van der Waals surface area contributed by atoms with Crippen molar-refractivity contribution in [1.29, 1.82) is 0 Å². The van der Waals surface area contributed by atoms with Crippen LogP contribution in [-0.4, -0.2) is 30.1 Å². The smallest absolute Gasteiger partial charge is 0.275 e. The van der Waals surface area contributed by atoms with Gasteiger partial charge in [-0.2, -0.15) is 0 Å². The lowest BCUT2D eigenvalue weighted by atomic mass is 10.1. The maximum Gasteiger partial charge on any atom is 0.275 e. The molecule has 0 radical (unpaired) electrons. The van der Waals surface area contributed by atoms with Crippen molar-refractivity contribution < 1.29 is 14.3 Å². The van der Waals surface area contributed by atoms with Crippen molar-refractivity contribution >= 4 is 22.5 Å². The number of aromatic nitrogens is 2. The maximum atomic E-state index is 12.8. The van der Waals surface area contributed by atoms with Crippen LogP contribution in [0.3, 0.4) is 0 Å². The van der Waals surface area contributed by atoms with E-state index in [0.717, 1.165) is 5.52 Å². The van der Waals surface area contributed by atoms with Gasteiger partial charge in [0.05, 0.1) is 25.4 Å². The van der Waals surface area contributed by atoms with Gasteiger partial charge in [0.25, 0.3) is 5.91 Å². The number of hydrogen-bond donors (Lipinski definition) is 1. The monoisotopic (exact) mass is 323 g/mol. The third-order valence-electron chi connectivity index (χ3n) is 3.58. The third-order valence-corrected chi connectivity index (χ3v) is 3.58. The quantitative estimate of drug-likeness (QED) is 0.798. The fourth-order valence-corrected chi connectivity index (χ4v) is 2.46. The van der Waals surface area contributed by atoms with Crippen LogP contribution in [0, 0.1) is 6.92 Å². The summed E-state index contributed by atoms with van der Waals surface area (Å²) >= 11 is 0. The Morgan fingerprint density at radius 1 is 1.04 bits per heavy atom. The highest BCUT2D eigenvalue weighted by Gasteiger charge is 2.16. The van der Waals surface area contributed by atoms with E-state index in [2.05, 4.69) is 15.3 Å². The van der Waals surface area contributed by atoms with Gasteiger partial charge < -0.3 is 14.8 Å². The normalized spacial score (nSPS) is 10.5. The van der Waals surface area contributed by atoms with Crippen molar-refractivity contribution in [3.63, 3.8) is 0 Å². The zero-order valence-electron chi connectivity index (χ0n) is 13.7. The van der Waals surface area contributed by atoms with Gasteiger partial charge in [0.2, 0.25) is 0 Å². The Kier molecular flexibility index (Phi) is 4.29. The minimum Gasteiger partial charge on any atom is -0.497 e. The molecular formula is C18H17N3O3.